The minimum Gasteiger partial charge on any atom is -0.497 e. The van der Waals surface area contributed by atoms with Crippen molar-refractivity contribution in [1.29, 1.82) is 0 Å². The normalized spacial score (nSPS) is 21.3. The lowest BCUT2D eigenvalue weighted by Gasteiger charge is -2.35. The highest BCUT2D eigenvalue weighted by Gasteiger charge is 2.64. The van der Waals surface area contributed by atoms with E-state index in [0.29, 0.717) is 37.0 Å². The first-order chi connectivity index (χ1) is 27.0. The van der Waals surface area contributed by atoms with E-state index >= 15 is 4.79 Å². The van der Waals surface area contributed by atoms with Crippen molar-refractivity contribution in [3.05, 3.63) is 94.8 Å². The van der Waals surface area contributed by atoms with Gasteiger partial charge in [0.05, 0.1) is 30.5 Å². The van der Waals surface area contributed by atoms with E-state index in [1.54, 1.807) is 13.2 Å². The summed E-state index contributed by atoms with van der Waals surface area (Å²) < 4.78 is 38.6. The number of benzene rings is 3. The molecule has 13 heteroatoms. The SMILES string of the molecule is COc1ccc2c(c1)C1CC1(C(=O)N1CCC(n3cc(-c4ccccc4Cl)cn3)CC1)Cn1c-2c(C2CCCCC2)c2ccc(C(=O)NS(=O)(=O)N(C)C)cc21. The highest BCUT2D eigenvalue weighted by molar-refractivity contribution is 7.87. The van der Waals surface area contributed by atoms with Gasteiger partial charge in [0, 0.05) is 84.0 Å². The molecule has 5 aromatic rings. The van der Waals surface area contributed by atoms with Gasteiger partial charge in [-0.05, 0) is 85.5 Å². The Morgan fingerprint density at radius 1 is 0.964 bits per heavy atom. The number of methoxy groups -OCH3 is 1. The first-order valence-corrected chi connectivity index (χ1v) is 21.5. The lowest BCUT2D eigenvalue weighted by molar-refractivity contribution is -0.139. The Kier molecular flexibility index (Phi) is 9.29. The molecule has 2 unspecified atom stereocenters. The Bertz CT molecular complexity index is 2480. The zero-order chi connectivity index (χ0) is 38.9. The third kappa shape index (κ3) is 6.21. The van der Waals surface area contributed by atoms with Crippen LogP contribution in [0.15, 0.2) is 73.1 Å². The number of piperidine rings is 1. The Morgan fingerprint density at radius 3 is 2.46 bits per heavy atom. The molecular formula is C43H47ClN6O5S. The zero-order valence-electron chi connectivity index (χ0n) is 32.0. The molecule has 4 heterocycles. The monoisotopic (exact) mass is 794 g/mol. The topological polar surface area (TPSA) is 119 Å². The van der Waals surface area contributed by atoms with E-state index < -0.39 is 21.5 Å². The molecule has 2 atom stereocenters. The third-order valence-corrected chi connectivity index (χ3v) is 14.6. The van der Waals surface area contributed by atoms with Crippen LogP contribution in [-0.4, -0.2) is 78.1 Å². The molecule has 2 aromatic heterocycles. The number of likely N-dealkylation sites (tertiary alicyclic amines) is 1. The van der Waals surface area contributed by atoms with Crippen LogP contribution in [0.25, 0.3) is 33.3 Å². The fourth-order valence-corrected chi connectivity index (χ4v) is 10.5. The van der Waals surface area contributed by atoms with Gasteiger partial charge in [-0.15, -0.1) is 0 Å². The molecule has 4 aliphatic rings. The molecule has 2 aliphatic carbocycles. The maximum atomic E-state index is 15.1. The number of fused-ring (bicyclic) bond motifs is 7. The second-order valence-corrected chi connectivity index (χ2v) is 18.5. The molecule has 3 aromatic carbocycles. The Morgan fingerprint density at radius 2 is 1.73 bits per heavy atom. The van der Waals surface area contributed by atoms with Crippen LogP contribution in [0.1, 0.15) is 90.7 Å². The molecular weight excluding hydrogens is 748 g/mol. The van der Waals surface area contributed by atoms with Crippen LogP contribution in [0, 0.1) is 5.41 Å². The Balaban J connectivity index is 1.09. The number of halogens is 1. The smallest absolute Gasteiger partial charge is 0.303 e. The minimum atomic E-state index is -4.00. The van der Waals surface area contributed by atoms with E-state index in [2.05, 4.69) is 32.5 Å². The van der Waals surface area contributed by atoms with Gasteiger partial charge < -0.3 is 14.2 Å². The number of rotatable bonds is 8. The maximum Gasteiger partial charge on any atom is 0.303 e. The van der Waals surface area contributed by atoms with Crippen LogP contribution in [0.4, 0.5) is 0 Å². The number of hydrogen-bond acceptors (Lipinski definition) is 6. The van der Waals surface area contributed by atoms with E-state index in [1.807, 2.05) is 53.3 Å². The standard InChI is InChI=1S/C43H47ClN6O5S/c1-47(2)56(53,54)46-41(51)28-13-15-34-38(21-28)49-26-43(23-36(43)35-22-31(55-3)14-16-33(35)40(49)39(34)27-9-5-4-6-10-27)42(52)48-19-17-30(18-20-48)50-25-29(24-45-50)32-11-7-8-12-37(32)44/h7-8,11-16,21-22,24-25,27,30,36H,4-6,9-10,17-20,23,26H2,1-3H3,(H,46,51). The first kappa shape index (κ1) is 37.0. The summed E-state index contributed by atoms with van der Waals surface area (Å²) in [4.78, 5) is 30.6. The molecule has 2 saturated carbocycles. The highest BCUT2D eigenvalue weighted by Crippen LogP contribution is 2.66. The van der Waals surface area contributed by atoms with Gasteiger partial charge in [0.2, 0.25) is 5.91 Å². The number of carbonyl (C=O) groups is 2. The number of aromatic nitrogens is 3. The average molecular weight is 795 g/mol. The van der Waals surface area contributed by atoms with E-state index in [1.165, 1.54) is 26.1 Å². The molecule has 56 heavy (non-hydrogen) atoms. The molecule has 2 aliphatic heterocycles. The molecule has 1 saturated heterocycles. The fourth-order valence-electron chi connectivity index (χ4n) is 9.71. The van der Waals surface area contributed by atoms with Crippen molar-refractivity contribution in [3.63, 3.8) is 0 Å². The van der Waals surface area contributed by atoms with Crippen LogP contribution in [0.2, 0.25) is 5.02 Å². The van der Waals surface area contributed by atoms with Crippen molar-refractivity contribution >= 4 is 44.5 Å². The van der Waals surface area contributed by atoms with Crippen molar-refractivity contribution < 1.29 is 22.7 Å². The van der Waals surface area contributed by atoms with Gasteiger partial charge in [-0.25, -0.2) is 4.72 Å². The summed E-state index contributed by atoms with van der Waals surface area (Å²) in [5.41, 5.74) is 6.96. The second kappa shape index (κ2) is 14.1. The van der Waals surface area contributed by atoms with Gasteiger partial charge in [-0.1, -0.05) is 55.1 Å². The zero-order valence-corrected chi connectivity index (χ0v) is 33.6. The predicted octanol–water partition coefficient (Wildman–Crippen LogP) is 7.77. The van der Waals surface area contributed by atoms with Crippen molar-refractivity contribution in [2.75, 3.05) is 34.3 Å². The molecule has 0 bridgehead atoms. The number of ether oxygens (including phenoxy) is 1. The summed E-state index contributed by atoms with van der Waals surface area (Å²) >= 11 is 6.49. The number of amides is 2. The molecule has 3 fully saturated rings. The molecule has 2 amide bonds. The van der Waals surface area contributed by atoms with E-state index in [4.69, 9.17) is 21.4 Å². The predicted molar refractivity (Wildman–Crippen MR) is 217 cm³/mol. The molecule has 0 spiro atoms. The van der Waals surface area contributed by atoms with Crippen molar-refractivity contribution in [2.45, 2.75) is 75.8 Å². The van der Waals surface area contributed by atoms with Crippen LogP contribution >= 0.6 is 11.6 Å². The van der Waals surface area contributed by atoms with E-state index in [9.17, 15) is 13.2 Å². The van der Waals surface area contributed by atoms with Crippen LogP contribution in [-0.2, 0) is 21.5 Å². The lowest BCUT2D eigenvalue weighted by Crippen LogP contribution is -2.44. The van der Waals surface area contributed by atoms with Gasteiger partial charge in [-0.3, -0.25) is 14.3 Å². The van der Waals surface area contributed by atoms with Gasteiger partial charge in [0.1, 0.15) is 5.75 Å². The van der Waals surface area contributed by atoms with Gasteiger partial charge in [-0.2, -0.15) is 17.8 Å². The van der Waals surface area contributed by atoms with E-state index in [-0.39, 0.29) is 23.4 Å². The van der Waals surface area contributed by atoms with Gasteiger partial charge in [0.25, 0.3) is 5.91 Å². The molecule has 0 radical (unpaired) electrons. The summed E-state index contributed by atoms with van der Waals surface area (Å²) in [5, 5.41) is 6.45. The summed E-state index contributed by atoms with van der Waals surface area (Å²) in [6.45, 7) is 1.72. The number of hydrogen-bond donors (Lipinski definition) is 1. The van der Waals surface area contributed by atoms with Crippen molar-refractivity contribution in [3.8, 4) is 28.1 Å². The highest BCUT2D eigenvalue weighted by atomic mass is 35.5. The van der Waals surface area contributed by atoms with Crippen LogP contribution < -0.4 is 9.46 Å². The second-order valence-electron chi connectivity index (χ2n) is 16.2. The van der Waals surface area contributed by atoms with Crippen molar-refractivity contribution in [1.82, 2.24) is 28.3 Å². The number of nitrogens with one attached hydrogen (secondary N) is 1. The number of carbonyl (C=O) groups excluding carboxylic acids is 2. The van der Waals surface area contributed by atoms with Crippen LogP contribution in [0.5, 0.6) is 5.75 Å². The quantitative estimate of drug-likeness (QED) is 0.172. The lowest BCUT2D eigenvalue weighted by atomic mass is 9.81. The van der Waals surface area contributed by atoms with Crippen molar-refractivity contribution in [2.24, 2.45) is 5.41 Å². The Hall–Kier alpha value is -4.65. The average Bonchev–Trinajstić information content (AvgIpc) is 3.61. The number of nitrogens with zero attached hydrogens (tertiary/aromatic N) is 5. The molecule has 11 nitrogen and oxygen atoms in total. The summed E-state index contributed by atoms with van der Waals surface area (Å²) in [6, 6.07) is 19.8. The first-order valence-electron chi connectivity index (χ1n) is 19.7. The molecule has 292 valence electrons. The fraction of sp³-hybridized carbons (Fsp3) is 0.419. The summed E-state index contributed by atoms with van der Waals surface area (Å²) in [5.74, 6) is 0.563. The van der Waals surface area contributed by atoms with E-state index in [0.717, 1.165) is 87.4 Å². The van der Waals surface area contributed by atoms with Crippen LogP contribution in [0.3, 0.4) is 0 Å². The third-order valence-electron chi connectivity index (χ3n) is 12.8. The summed E-state index contributed by atoms with van der Waals surface area (Å²) in [7, 11) is 0.450. The largest absolute Gasteiger partial charge is 0.497 e. The summed E-state index contributed by atoms with van der Waals surface area (Å²) in [6.07, 6.45) is 11.9. The molecule has 1 N–H and O–H groups in total. The molecule has 9 rings (SSSR count). The van der Waals surface area contributed by atoms with Gasteiger partial charge >= 0.3 is 10.2 Å². The minimum absolute atomic E-state index is 0.00740. The van der Waals surface area contributed by atoms with Gasteiger partial charge in [0.15, 0.2) is 0 Å². The Labute approximate surface area is 332 Å². The maximum absolute atomic E-state index is 15.1.